The highest BCUT2D eigenvalue weighted by molar-refractivity contribution is 9.10. The minimum Gasteiger partial charge on any atom is -0.486 e. The summed E-state index contributed by atoms with van der Waals surface area (Å²) in [5.41, 5.74) is 1.29. The smallest absolute Gasteiger partial charge is 0.191 e. The van der Waals surface area contributed by atoms with Gasteiger partial charge < -0.3 is 4.74 Å². The lowest BCUT2D eigenvalue weighted by Crippen LogP contribution is -2.07. The topological polar surface area (TPSA) is 39.9 Å². The van der Waals surface area contributed by atoms with Gasteiger partial charge in [-0.3, -0.25) is 4.57 Å². The Morgan fingerprint density at radius 2 is 1.79 bits per heavy atom. The van der Waals surface area contributed by atoms with Crippen LogP contribution < -0.4 is 4.74 Å². The maximum Gasteiger partial charge on any atom is 0.191 e. The number of nitrogens with zero attached hydrogens (tertiary/aromatic N) is 3. The molecule has 4 rings (SSSR count). The fourth-order valence-electron chi connectivity index (χ4n) is 3.08. The Bertz CT molecular complexity index is 1120. The highest BCUT2D eigenvalue weighted by Crippen LogP contribution is 2.27. The van der Waals surface area contributed by atoms with E-state index in [1.807, 2.05) is 30.3 Å². The Balaban J connectivity index is 1.50. The van der Waals surface area contributed by atoms with Crippen LogP contribution in [0, 0.1) is 0 Å². The minimum absolute atomic E-state index is 0.358. The van der Waals surface area contributed by atoms with Crippen molar-refractivity contribution in [1.82, 2.24) is 14.8 Å². The van der Waals surface area contributed by atoms with Gasteiger partial charge in [0.15, 0.2) is 11.0 Å². The van der Waals surface area contributed by atoms with Crippen LogP contribution in [0.4, 0.5) is 0 Å². The van der Waals surface area contributed by atoms with Gasteiger partial charge in [0.05, 0.1) is 0 Å². The third-order valence-corrected chi connectivity index (χ3v) is 6.07. The SMILES string of the molecule is C=CCn1c(COc2ccc(Br)cc2)nnc1SCc1cccc2ccccc12. The van der Waals surface area contributed by atoms with Crippen LogP contribution in [0.5, 0.6) is 5.75 Å². The van der Waals surface area contributed by atoms with Gasteiger partial charge >= 0.3 is 0 Å². The zero-order chi connectivity index (χ0) is 20.1. The molecular formula is C23H20BrN3OS. The molecule has 0 aliphatic carbocycles. The molecule has 0 saturated carbocycles. The fourth-order valence-corrected chi connectivity index (χ4v) is 4.32. The molecule has 1 aromatic heterocycles. The first-order chi connectivity index (χ1) is 14.2. The summed E-state index contributed by atoms with van der Waals surface area (Å²) < 4.78 is 8.96. The lowest BCUT2D eigenvalue weighted by molar-refractivity contribution is 0.289. The number of halogens is 1. The maximum atomic E-state index is 5.88. The summed E-state index contributed by atoms with van der Waals surface area (Å²) in [6.45, 7) is 4.87. The lowest BCUT2D eigenvalue weighted by atomic mass is 10.1. The number of rotatable bonds is 8. The maximum absolute atomic E-state index is 5.88. The molecule has 0 saturated heterocycles. The van der Waals surface area contributed by atoms with E-state index in [9.17, 15) is 0 Å². The molecule has 3 aromatic carbocycles. The van der Waals surface area contributed by atoms with Crippen molar-refractivity contribution in [2.75, 3.05) is 0 Å². The predicted octanol–water partition coefficient (Wildman–Crippen LogP) is 6.25. The molecule has 0 N–H and O–H groups in total. The van der Waals surface area contributed by atoms with E-state index in [1.54, 1.807) is 11.8 Å². The Kier molecular flexibility index (Phi) is 6.32. The Morgan fingerprint density at radius 1 is 1.00 bits per heavy atom. The molecule has 4 aromatic rings. The second kappa shape index (κ2) is 9.29. The number of fused-ring (bicyclic) bond motifs is 1. The zero-order valence-electron chi connectivity index (χ0n) is 15.8. The summed E-state index contributed by atoms with van der Waals surface area (Å²) in [5, 5.41) is 12.1. The molecule has 4 nitrogen and oxygen atoms in total. The van der Waals surface area contributed by atoms with Crippen molar-refractivity contribution >= 4 is 38.5 Å². The summed E-state index contributed by atoms with van der Waals surface area (Å²) in [6.07, 6.45) is 1.86. The average Bonchev–Trinajstić information content (AvgIpc) is 3.13. The van der Waals surface area contributed by atoms with Crippen molar-refractivity contribution < 1.29 is 4.74 Å². The van der Waals surface area contributed by atoms with E-state index in [4.69, 9.17) is 4.74 Å². The van der Waals surface area contributed by atoms with Crippen LogP contribution >= 0.6 is 27.7 Å². The Hall–Kier alpha value is -2.57. The number of thioether (sulfide) groups is 1. The average molecular weight is 466 g/mol. The van der Waals surface area contributed by atoms with Crippen LogP contribution in [0.1, 0.15) is 11.4 Å². The van der Waals surface area contributed by atoms with Crippen molar-refractivity contribution in [1.29, 1.82) is 0 Å². The molecule has 0 aliphatic heterocycles. The number of hydrogen-bond acceptors (Lipinski definition) is 4. The molecule has 0 aliphatic rings. The van der Waals surface area contributed by atoms with Crippen LogP contribution in [-0.4, -0.2) is 14.8 Å². The summed E-state index contributed by atoms with van der Waals surface area (Å²) >= 11 is 5.11. The van der Waals surface area contributed by atoms with E-state index in [0.29, 0.717) is 13.2 Å². The molecule has 0 atom stereocenters. The third kappa shape index (κ3) is 4.71. The number of ether oxygens (including phenoxy) is 1. The van der Waals surface area contributed by atoms with Gasteiger partial charge in [-0.05, 0) is 40.6 Å². The van der Waals surface area contributed by atoms with Crippen molar-refractivity contribution in [2.24, 2.45) is 0 Å². The van der Waals surface area contributed by atoms with Crippen LogP contribution in [0.3, 0.4) is 0 Å². The van der Waals surface area contributed by atoms with Gasteiger partial charge in [0.1, 0.15) is 12.4 Å². The van der Waals surface area contributed by atoms with Gasteiger partial charge in [0.2, 0.25) is 0 Å². The largest absolute Gasteiger partial charge is 0.486 e. The number of allylic oxidation sites excluding steroid dienone is 1. The van der Waals surface area contributed by atoms with Gasteiger partial charge in [-0.25, -0.2) is 0 Å². The molecule has 0 unspecified atom stereocenters. The molecule has 0 amide bonds. The molecule has 0 bridgehead atoms. The van der Waals surface area contributed by atoms with E-state index in [-0.39, 0.29) is 0 Å². The van der Waals surface area contributed by atoms with Gasteiger partial charge in [0.25, 0.3) is 0 Å². The summed E-state index contributed by atoms with van der Waals surface area (Å²) in [7, 11) is 0. The summed E-state index contributed by atoms with van der Waals surface area (Å²) in [6, 6.07) is 22.6. The van der Waals surface area contributed by atoms with Gasteiger partial charge in [0, 0.05) is 16.8 Å². The Labute approximate surface area is 182 Å². The number of aromatic nitrogens is 3. The third-order valence-electron chi connectivity index (χ3n) is 4.52. The molecular weight excluding hydrogens is 446 g/mol. The second-order valence-corrected chi connectivity index (χ2v) is 8.33. The fraction of sp³-hybridized carbons (Fsp3) is 0.130. The van der Waals surface area contributed by atoms with Crippen LogP contribution in [0.15, 0.2) is 89.0 Å². The highest BCUT2D eigenvalue weighted by atomic mass is 79.9. The number of benzene rings is 3. The predicted molar refractivity (Wildman–Crippen MR) is 122 cm³/mol. The minimum atomic E-state index is 0.358. The quantitative estimate of drug-likeness (QED) is 0.227. The molecule has 1 heterocycles. The second-order valence-electron chi connectivity index (χ2n) is 6.47. The normalized spacial score (nSPS) is 10.9. The van der Waals surface area contributed by atoms with Gasteiger partial charge in [-0.2, -0.15) is 0 Å². The molecule has 0 radical (unpaired) electrons. The van der Waals surface area contributed by atoms with Crippen LogP contribution in [-0.2, 0) is 18.9 Å². The van der Waals surface area contributed by atoms with E-state index < -0.39 is 0 Å². The van der Waals surface area contributed by atoms with E-state index in [2.05, 4.69) is 79.7 Å². The van der Waals surface area contributed by atoms with Crippen molar-refractivity contribution in [3.8, 4) is 5.75 Å². The molecule has 29 heavy (non-hydrogen) atoms. The van der Waals surface area contributed by atoms with Crippen molar-refractivity contribution in [3.63, 3.8) is 0 Å². The van der Waals surface area contributed by atoms with E-state index in [1.165, 1.54) is 16.3 Å². The van der Waals surface area contributed by atoms with E-state index in [0.717, 1.165) is 27.0 Å². The van der Waals surface area contributed by atoms with Crippen LogP contribution in [0.2, 0.25) is 0 Å². The first kappa shape index (κ1) is 19.7. The molecule has 6 heteroatoms. The molecule has 146 valence electrons. The first-order valence-corrected chi connectivity index (χ1v) is 11.0. The zero-order valence-corrected chi connectivity index (χ0v) is 18.2. The highest BCUT2D eigenvalue weighted by Gasteiger charge is 2.13. The summed E-state index contributed by atoms with van der Waals surface area (Å²) in [5.74, 6) is 2.41. The molecule has 0 fully saturated rings. The van der Waals surface area contributed by atoms with Gasteiger partial charge in [-0.1, -0.05) is 76.2 Å². The van der Waals surface area contributed by atoms with Gasteiger partial charge in [-0.15, -0.1) is 16.8 Å². The summed E-state index contributed by atoms with van der Waals surface area (Å²) in [4.78, 5) is 0. The standard InChI is InChI=1S/C23H20BrN3OS/c1-2-14-27-22(15-28-20-12-10-19(24)11-13-20)25-26-23(27)29-16-18-8-5-7-17-6-3-4-9-21(17)18/h2-13H,1,14-16H2. The van der Waals surface area contributed by atoms with Crippen molar-refractivity contribution in [3.05, 3.63) is 95.2 Å². The van der Waals surface area contributed by atoms with Crippen molar-refractivity contribution in [2.45, 2.75) is 24.1 Å². The monoisotopic (exact) mass is 465 g/mol. The molecule has 0 spiro atoms. The Morgan fingerprint density at radius 3 is 2.62 bits per heavy atom. The number of hydrogen-bond donors (Lipinski definition) is 0. The first-order valence-electron chi connectivity index (χ1n) is 9.25. The van der Waals surface area contributed by atoms with Crippen LogP contribution in [0.25, 0.3) is 10.8 Å². The lowest BCUT2D eigenvalue weighted by Gasteiger charge is -2.10. The van der Waals surface area contributed by atoms with E-state index >= 15 is 0 Å².